The summed E-state index contributed by atoms with van der Waals surface area (Å²) in [5.41, 5.74) is 1.93. The maximum Gasteiger partial charge on any atom is 0.258 e. The summed E-state index contributed by atoms with van der Waals surface area (Å²) < 4.78 is 0. The number of carbonyl (C=O) groups is 1. The Balaban J connectivity index is 2.07. The summed E-state index contributed by atoms with van der Waals surface area (Å²) in [4.78, 5) is 22.8. The zero-order valence-corrected chi connectivity index (χ0v) is 14.4. The second-order valence-electron chi connectivity index (χ2n) is 5.41. The molecule has 0 aliphatic rings. The first-order valence-electron chi connectivity index (χ1n) is 7.62. The van der Waals surface area contributed by atoms with Gasteiger partial charge in [-0.05, 0) is 31.0 Å². The first-order valence-corrected chi connectivity index (χ1v) is 8.00. The van der Waals surface area contributed by atoms with Gasteiger partial charge in [0.05, 0.1) is 5.56 Å². The summed E-state index contributed by atoms with van der Waals surface area (Å²) in [6.45, 7) is 4.89. The van der Waals surface area contributed by atoms with Gasteiger partial charge in [-0.25, -0.2) is 9.97 Å². The minimum absolute atomic E-state index is 0.252. The molecule has 0 bridgehead atoms. The van der Waals surface area contributed by atoms with Crippen molar-refractivity contribution in [3.05, 3.63) is 46.7 Å². The third-order valence-corrected chi connectivity index (χ3v) is 4.01. The fourth-order valence-electron chi connectivity index (χ4n) is 2.07. The molecule has 0 saturated carbocycles. The van der Waals surface area contributed by atoms with Crippen molar-refractivity contribution in [2.75, 3.05) is 23.8 Å². The largest absolute Gasteiger partial charge is 0.344 e. The van der Waals surface area contributed by atoms with Gasteiger partial charge < -0.3 is 10.2 Å². The number of amides is 1. The Morgan fingerprint density at radius 2 is 2.00 bits per heavy atom. The van der Waals surface area contributed by atoms with Crippen molar-refractivity contribution in [2.24, 2.45) is 0 Å². The topological polar surface area (TPSA) is 58.1 Å². The number of nitrogens with zero attached hydrogens (tertiary/aromatic N) is 3. The molecule has 1 heterocycles. The Hall–Kier alpha value is -2.14. The Bertz CT molecular complexity index is 673. The molecule has 0 radical (unpaired) electrons. The molecular formula is C17H21ClN4O. The Morgan fingerprint density at radius 1 is 1.30 bits per heavy atom. The highest BCUT2D eigenvalue weighted by molar-refractivity contribution is 6.31. The zero-order valence-electron chi connectivity index (χ0n) is 13.6. The summed E-state index contributed by atoms with van der Waals surface area (Å²) in [5.74, 6) is 0.368. The molecule has 122 valence electrons. The molecule has 1 aromatic carbocycles. The predicted octanol–water partition coefficient (Wildman–Crippen LogP) is 3.93. The van der Waals surface area contributed by atoms with E-state index in [1.165, 1.54) is 0 Å². The highest BCUT2D eigenvalue weighted by Crippen LogP contribution is 2.23. The number of halogens is 1. The Morgan fingerprint density at radius 3 is 2.65 bits per heavy atom. The molecule has 1 aromatic heterocycles. The second kappa shape index (κ2) is 7.92. The Labute approximate surface area is 141 Å². The summed E-state index contributed by atoms with van der Waals surface area (Å²) in [5, 5.41) is 3.45. The lowest BCUT2D eigenvalue weighted by Gasteiger charge is -2.16. The molecule has 0 spiro atoms. The molecule has 0 aliphatic heterocycles. The van der Waals surface area contributed by atoms with E-state index in [-0.39, 0.29) is 5.91 Å². The standard InChI is InChI=1S/C17H21ClN4O/c1-4-5-9-22(3)17-19-10-13(11-20-17)16(23)21-15-8-6-7-14(18)12(15)2/h6-8,10-11H,4-5,9H2,1-3H3,(H,21,23). The molecule has 5 nitrogen and oxygen atoms in total. The van der Waals surface area contributed by atoms with E-state index in [4.69, 9.17) is 11.6 Å². The monoisotopic (exact) mass is 332 g/mol. The number of benzene rings is 1. The summed E-state index contributed by atoms with van der Waals surface area (Å²) in [7, 11) is 1.94. The third-order valence-electron chi connectivity index (χ3n) is 3.60. The maximum absolute atomic E-state index is 12.3. The van der Waals surface area contributed by atoms with E-state index in [2.05, 4.69) is 22.2 Å². The number of unbranched alkanes of at least 4 members (excludes halogenated alkanes) is 1. The number of aromatic nitrogens is 2. The van der Waals surface area contributed by atoms with Crippen LogP contribution in [0.2, 0.25) is 5.02 Å². The van der Waals surface area contributed by atoms with E-state index in [9.17, 15) is 4.79 Å². The number of hydrogen-bond donors (Lipinski definition) is 1. The van der Waals surface area contributed by atoms with E-state index < -0.39 is 0 Å². The van der Waals surface area contributed by atoms with Gasteiger partial charge in [0.15, 0.2) is 0 Å². The van der Waals surface area contributed by atoms with Crippen LogP contribution in [0.1, 0.15) is 35.7 Å². The van der Waals surface area contributed by atoms with Crippen LogP contribution in [0.5, 0.6) is 0 Å². The normalized spacial score (nSPS) is 10.4. The highest BCUT2D eigenvalue weighted by atomic mass is 35.5. The van der Waals surface area contributed by atoms with Gasteiger partial charge in [-0.1, -0.05) is 31.0 Å². The SMILES string of the molecule is CCCCN(C)c1ncc(C(=O)Nc2cccc(Cl)c2C)cn1. The molecule has 1 amide bonds. The van der Waals surface area contributed by atoms with E-state index >= 15 is 0 Å². The van der Waals surface area contributed by atoms with Crippen LogP contribution in [0.15, 0.2) is 30.6 Å². The van der Waals surface area contributed by atoms with Crippen molar-refractivity contribution in [3.63, 3.8) is 0 Å². The van der Waals surface area contributed by atoms with Crippen molar-refractivity contribution in [3.8, 4) is 0 Å². The smallest absolute Gasteiger partial charge is 0.258 e. The van der Waals surface area contributed by atoms with E-state index in [0.29, 0.717) is 22.2 Å². The van der Waals surface area contributed by atoms with Gasteiger partial charge in [-0.15, -0.1) is 0 Å². The first kappa shape index (κ1) is 17.2. The molecule has 0 aliphatic carbocycles. The predicted molar refractivity (Wildman–Crippen MR) is 94.4 cm³/mol. The summed E-state index contributed by atoms with van der Waals surface area (Å²) >= 11 is 6.06. The number of hydrogen-bond acceptors (Lipinski definition) is 4. The number of anilines is 2. The van der Waals surface area contributed by atoms with Crippen LogP contribution >= 0.6 is 11.6 Å². The van der Waals surface area contributed by atoms with Gasteiger partial charge in [-0.2, -0.15) is 0 Å². The fourth-order valence-corrected chi connectivity index (χ4v) is 2.24. The summed E-state index contributed by atoms with van der Waals surface area (Å²) in [6.07, 6.45) is 5.28. The quantitative estimate of drug-likeness (QED) is 0.870. The molecule has 2 aromatic rings. The average Bonchev–Trinajstić information content (AvgIpc) is 2.57. The molecule has 1 N–H and O–H groups in total. The molecule has 0 unspecified atom stereocenters. The van der Waals surface area contributed by atoms with Gasteiger partial charge in [0.1, 0.15) is 0 Å². The van der Waals surface area contributed by atoms with E-state index in [0.717, 1.165) is 24.9 Å². The van der Waals surface area contributed by atoms with Crippen LogP contribution in [-0.4, -0.2) is 29.5 Å². The third kappa shape index (κ3) is 4.42. The van der Waals surface area contributed by atoms with Gasteiger partial charge in [0.2, 0.25) is 5.95 Å². The number of carbonyl (C=O) groups excluding carboxylic acids is 1. The minimum Gasteiger partial charge on any atom is -0.344 e. The average molecular weight is 333 g/mol. The van der Waals surface area contributed by atoms with Crippen LogP contribution in [0, 0.1) is 6.92 Å². The maximum atomic E-state index is 12.3. The molecule has 2 rings (SSSR count). The first-order chi connectivity index (χ1) is 11.0. The van der Waals surface area contributed by atoms with Gasteiger partial charge in [0.25, 0.3) is 5.91 Å². The fraction of sp³-hybridized carbons (Fsp3) is 0.353. The second-order valence-corrected chi connectivity index (χ2v) is 5.82. The Kier molecular flexibility index (Phi) is 5.93. The molecule has 0 atom stereocenters. The van der Waals surface area contributed by atoms with Crippen molar-refractivity contribution in [1.29, 1.82) is 0 Å². The number of rotatable bonds is 6. The van der Waals surface area contributed by atoms with Gasteiger partial charge in [0, 0.05) is 36.7 Å². The van der Waals surface area contributed by atoms with Crippen LogP contribution in [0.4, 0.5) is 11.6 Å². The van der Waals surface area contributed by atoms with Gasteiger partial charge in [-0.3, -0.25) is 4.79 Å². The molecule has 0 fully saturated rings. The highest BCUT2D eigenvalue weighted by Gasteiger charge is 2.11. The molecule has 0 saturated heterocycles. The van der Waals surface area contributed by atoms with E-state index in [1.807, 2.05) is 24.9 Å². The molecular weight excluding hydrogens is 312 g/mol. The van der Waals surface area contributed by atoms with Crippen LogP contribution < -0.4 is 10.2 Å². The molecule has 6 heteroatoms. The van der Waals surface area contributed by atoms with Crippen LogP contribution in [-0.2, 0) is 0 Å². The zero-order chi connectivity index (χ0) is 16.8. The lowest BCUT2D eigenvalue weighted by molar-refractivity contribution is 0.102. The van der Waals surface area contributed by atoms with Crippen molar-refractivity contribution < 1.29 is 4.79 Å². The number of nitrogens with one attached hydrogen (secondary N) is 1. The summed E-state index contributed by atoms with van der Waals surface area (Å²) in [6, 6.07) is 5.40. The van der Waals surface area contributed by atoms with Crippen LogP contribution in [0.25, 0.3) is 0 Å². The molecule has 23 heavy (non-hydrogen) atoms. The van der Waals surface area contributed by atoms with Gasteiger partial charge >= 0.3 is 0 Å². The van der Waals surface area contributed by atoms with Crippen molar-refractivity contribution in [1.82, 2.24) is 9.97 Å². The van der Waals surface area contributed by atoms with Crippen molar-refractivity contribution >= 4 is 29.1 Å². The van der Waals surface area contributed by atoms with Crippen molar-refractivity contribution in [2.45, 2.75) is 26.7 Å². The lowest BCUT2D eigenvalue weighted by atomic mass is 10.2. The van der Waals surface area contributed by atoms with E-state index in [1.54, 1.807) is 24.5 Å². The lowest BCUT2D eigenvalue weighted by Crippen LogP contribution is -2.21. The van der Waals surface area contributed by atoms with Crippen LogP contribution in [0.3, 0.4) is 0 Å². The minimum atomic E-state index is -0.252.